The van der Waals surface area contributed by atoms with Crippen LogP contribution in [0.1, 0.15) is 58.2 Å². The van der Waals surface area contributed by atoms with Crippen molar-refractivity contribution in [3.8, 4) is 0 Å². The fraction of sp³-hybridized carbons (Fsp3) is 0.600. The third kappa shape index (κ3) is 3.34. The molecule has 3 aliphatic rings. The Morgan fingerprint density at radius 2 is 2.07 bits per heavy atom. The van der Waals surface area contributed by atoms with Gasteiger partial charge in [0.2, 0.25) is 5.82 Å². The number of nitrogens with one attached hydrogen (secondary N) is 1. The van der Waals surface area contributed by atoms with E-state index in [0.29, 0.717) is 11.7 Å². The van der Waals surface area contributed by atoms with Crippen LogP contribution >= 0.6 is 11.3 Å². The Morgan fingerprint density at radius 1 is 1.21 bits per heavy atom. The number of carbonyl (C=O) groups is 2. The van der Waals surface area contributed by atoms with Crippen molar-refractivity contribution in [1.82, 2.24) is 25.0 Å². The zero-order valence-corrected chi connectivity index (χ0v) is 16.7. The highest BCUT2D eigenvalue weighted by molar-refractivity contribution is 7.12. The van der Waals surface area contributed by atoms with Gasteiger partial charge >= 0.3 is 0 Å². The van der Waals surface area contributed by atoms with Gasteiger partial charge in [0, 0.05) is 32.6 Å². The number of carbonyl (C=O) groups excluding carboxylic acids is 2. The fourth-order valence-electron chi connectivity index (χ4n) is 4.48. The number of thiophene rings is 1. The summed E-state index contributed by atoms with van der Waals surface area (Å²) in [4.78, 5) is 28.1. The molecule has 8 heteroatoms. The van der Waals surface area contributed by atoms with E-state index >= 15 is 0 Å². The number of hydrogen-bond donors (Lipinski definition) is 1. The van der Waals surface area contributed by atoms with Crippen molar-refractivity contribution < 1.29 is 9.59 Å². The molecule has 1 unspecified atom stereocenters. The maximum Gasteiger partial charge on any atom is 0.289 e. The Hall–Kier alpha value is -2.22. The second-order valence-corrected chi connectivity index (χ2v) is 9.40. The zero-order chi connectivity index (χ0) is 19.1. The molecule has 2 fully saturated rings. The molecule has 2 amide bonds. The van der Waals surface area contributed by atoms with Crippen LogP contribution in [-0.4, -0.2) is 51.1 Å². The maximum atomic E-state index is 12.7. The van der Waals surface area contributed by atoms with E-state index in [1.807, 2.05) is 27.0 Å². The van der Waals surface area contributed by atoms with Gasteiger partial charge in [0.1, 0.15) is 5.82 Å². The molecule has 0 bridgehead atoms. The first-order chi connectivity index (χ1) is 13.6. The molecule has 0 radical (unpaired) electrons. The number of rotatable bonds is 4. The first kappa shape index (κ1) is 17.8. The van der Waals surface area contributed by atoms with E-state index in [1.54, 1.807) is 0 Å². The van der Waals surface area contributed by atoms with E-state index in [-0.39, 0.29) is 17.2 Å². The molecule has 5 rings (SSSR count). The van der Waals surface area contributed by atoms with Crippen LogP contribution in [0.3, 0.4) is 0 Å². The smallest absolute Gasteiger partial charge is 0.289 e. The summed E-state index contributed by atoms with van der Waals surface area (Å²) >= 11 is 1.51. The Balaban J connectivity index is 1.26. The average molecular weight is 400 g/mol. The standard InChI is InChI=1S/C20H25N5O2S/c26-18(21-12-14-3-4-14)17-23-22-16-5-6-20(8-10-25(16)17)7-9-24(13-20)19(27)15-2-1-11-28-15/h1-2,11,14H,3-10,12-13H2,(H,21,26). The molecule has 2 aromatic rings. The Labute approximate surface area is 168 Å². The summed E-state index contributed by atoms with van der Waals surface area (Å²) in [5, 5.41) is 13.4. The number of nitrogens with zero attached hydrogens (tertiary/aromatic N) is 4. The van der Waals surface area contributed by atoms with Crippen molar-refractivity contribution in [3.05, 3.63) is 34.0 Å². The van der Waals surface area contributed by atoms with Gasteiger partial charge in [-0.25, -0.2) is 0 Å². The molecule has 1 aliphatic carbocycles. The third-order valence-corrected chi connectivity index (χ3v) is 7.34. The van der Waals surface area contributed by atoms with Crippen LogP contribution in [0.25, 0.3) is 0 Å². The van der Waals surface area contributed by atoms with Crippen LogP contribution in [0.2, 0.25) is 0 Å². The summed E-state index contributed by atoms with van der Waals surface area (Å²) in [6.07, 6.45) is 6.19. The Morgan fingerprint density at radius 3 is 2.86 bits per heavy atom. The number of aromatic nitrogens is 3. The molecule has 1 atom stereocenters. The summed E-state index contributed by atoms with van der Waals surface area (Å²) in [7, 11) is 0. The Kier molecular flexibility index (Phi) is 4.45. The molecule has 7 nitrogen and oxygen atoms in total. The van der Waals surface area contributed by atoms with Crippen LogP contribution < -0.4 is 5.32 Å². The lowest BCUT2D eigenvalue weighted by molar-refractivity contribution is 0.0772. The van der Waals surface area contributed by atoms with Crippen LogP contribution in [0.15, 0.2) is 17.5 Å². The summed E-state index contributed by atoms with van der Waals surface area (Å²) in [6.45, 7) is 3.09. The summed E-state index contributed by atoms with van der Waals surface area (Å²) in [5.41, 5.74) is 0.120. The van der Waals surface area contributed by atoms with Crippen molar-refractivity contribution >= 4 is 23.2 Å². The molecule has 148 valence electrons. The molecule has 1 saturated heterocycles. The second-order valence-electron chi connectivity index (χ2n) is 8.45. The van der Waals surface area contributed by atoms with Crippen molar-refractivity contribution in [1.29, 1.82) is 0 Å². The fourth-order valence-corrected chi connectivity index (χ4v) is 5.18. The van der Waals surface area contributed by atoms with Crippen molar-refractivity contribution in [2.45, 2.75) is 45.1 Å². The van der Waals surface area contributed by atoms with Crippen molar-refractivity contribution in [3.63, 3.8) is 0 Å². The highest BCUT2D eigenvalue weighted by Crippen LogP contribution is 2.41. The topological polar surface area (TPSA) is 80.1 Å². The molecule has 2 aromatic heterocycles. The van der Waals surface area contributed by atoms with E-state index in [2.05, 4.69) is 15.5 Å². The van der Waals surface area contributed by atoms with Crippen molar-refractivity contribution in [2.24, 2.45) is 11.3 Å². The quantitative estimate of drug-likeness (QED) is 0.856. The van der Waals surface area contributed by atoms with Gasteiger partial charge in [-0.2, -0.15) is 0 Å². The maximum absolute atomic E-state index is 12.7. The first-order valence-corrected chi connectivity index (χ1v) is 11.0. The zero-order valence-electron chi connectivity index (χ0n) is 15.9. The number of amides is 2. The highest BCUT2D eigenvalue weighted by Gasteiger charge is 2.42. The van der Waals surface area contributed by atoms with Crippen molar-refractivity contribution in [2.75, 3.05) is 19.6 Å². The number of likely N-dealkylation sites (tertiary alicyclic amines) is 1. The van der Waals surface area contributed by atoms with Gasteiger partial charge in [0.25, 0.3) is 11.8 Å². The summed E-state index contributed by atoms with van der Waals surface area (Å²) in [6, 6.07) is 3.83. The molecule has 2 aliphatic heterocycles. The Bertz CT molecular complexity index is 889. The minimum Gasteiger partial charge on any atom is -0.349 e. The number of aryl methyl sites for hydroxylation is 1. The minimum atomic E-state index is -0.109. The van der Waals surface area contributed by atoms with Gasteiger partial charge in [-0.05, 0) is 54.9 Å². The van der Waals surface area contributed by atoms with Gasteiger partial charge < -0.3 is 14.8 Å². The van der Waals surface area contributed by atoms with E-state index < -0.39 is 0 Å². The van der Waals surface area contributed by atoms with E-state index in [1.165, 1.54) is 24.2 Å². The third-order valence-electron chi connectivity index (χ3n) is 6.48. The van der Waals surface area contributed by atoms with Crippen LogP contribution in [0.4, 0.5) is 0 Å². The number of fused-ring (bicyclic) bond motifs is 1. The molecule has 0 aromatic carbocycles. The van der Waals surface area contributed by atoms with Gasteiger partial charge in [-0.15, -0.1) is 21.5 Å². The highest BCUT2D eigenvalue weighted by atomic mass is 32.1. The lowest BCUT2D eigenvalue weighted by atomic mass is 9.80. The summed E-state index contributed by atoms with van der Waals surface area (Å²) in [5.74, 6) is 2.02. The van der Waals surface area contributed by atoms with Crippen LogP contribution in [-0.2, 0) is 13.0 Å². The predicted molar refractivity (Wildman–Crippen MR) is 105 cm³/mol. The summed E-state index contributed by atoms with van der Waals surface area (Å²) < 4.78 is 2.00. The van der Waals surface area contributed by atoms with Gasteiger partial charge in [-0.1, -0.05) is 6.07 Å². The van der Waals surface area contributed by atoms with Gasteiger partial charge in [0.15, 0.2) is 0 Å². The number of hydrogen-bond acceptors (Lipinski definition) is 5. The molecule has 1 spiro atoms. The SMILES string of the molecule is O=C(NCC1CC1)c1nnc2n1CCC1(CC2)CCN(C(=O)c2cccs2)C1. The molecular weight excluding hydrogens is 374 g/mol. The van der Waals surface area contributed by atoms with E-state index in [9.17, 15) is 9.59 Å². The largest absolute Gasteiger partial charge is 0.349 e. The lowest BCUT2D eigenvalue weighted by Gasteiger charge is -2.27. The van der Waals surface area contributed by atoms with Gasteiger partial charge in [-0.3, -0.25) is 9.59 Å². The van der Waals surface area contributed by atoms with E-state index in [0.717, 1.165) is 62.6 Å². The minimum absolute atomic E-state index is 0.109. The monoisotopic (exact) mass is 399 g/mol. The average Bonchev–Trinajstić information content (AvgIpc) is 3.10. The molecule has 1 saturated carbocycles. The molecule has 1 N–H and O–H groups in total. The molecule has 4 heterocycles. The van der Waals surface area contributed by atoms with E-state index in [4.69, 9.17) is 0 Å². The second kappa shape index (κ2) is 6.99. The molecular formula is C20H25N5O2S. The van der Waals surface area contributed by atoms with Gasteiger partial charge in [0.05, 0.1) is 4.88 Å². The normalized spacial score (nSPS) is 24.2. The predicted octanol–water partition coefficient (Wildman–Crippen LogP) is 2.35. The first-order valence-electron chi connectivity index (χ1n) is 10.2. The van der Waals surface area contributed by atoms with Crippen LogP contribution in [0, 0.1) is 11.3 Å². The lowest BCUT2D eigenvalue weighted by Crippen LogP contribution is -2.32. The van der Waals surface area contributed by atoms with Crippen LogP contribution in [0.5, 0.6) is 0 Å². The molecule has 28 heavy (non-hydrogen) atoms.